The van der Waals surface area contributed by atoms with Crippen molar-refractivity contribution >= 4 is 22.4 Å². The van der Waals surface area contributed by atoms with Gasteiger partial charge < -0.3 is 10.1 Å². The Labute approximate surface area is 163 Å². The highest BCUT2D eigenvalue weighted by atomic mass is 16.5. The molecule has 0 saturated carbocycles. The molecular formula is C23H17N4O. The molecule has 0 atom stereocenters. The molecule has 135 valence electrons. The van der Waals surface area contributed by atoms with E-state index in [4.69, 9.17) is 4.74 Å². The van der Waals surface area contributed by atoms with E-state index in [1.165, 1.54) is 0 Å². The molecule has 0 spiro atoms. The van der Waals surface area contributed by atoms with Crippen molar-refractivity contribution in [1.29, 1.82) is 0 Å². The highest BCUT2D eigenvalue weighted by Crippen LogP contribution is 2.29. The van der Waals surface area contributed by atoms with Crippen molar-refractivity contribution in [3.05, 3.63) is 85.3 Å². The fraction of sp³-hybridized carbons (Fsp3) is 0.0435. The fourth-order valence-corrected chi connectivity index (χ4v) is 2.85. The molecule has 4 aromatic rings. The maximum atomic E-state index is 5.89. The molecular weight excluding hydrogens is 348 g/mol. The lowest BCUT2D eigenvalue weighted by Crippen LogP contribution is -1.97. The number of nitrogens with one attached hydrogen (secondary N) is 1. The second-order valence-corrected chi connectivity index (χ2v) is 6.15. The van der Waals surface area contributed by atoms with Crippen LogP contribution in [0.3, 0.4) is 0 Å². The summed E-state index contributed by atoms with van der Waals surface area (Å²) in [6, 6.07) is 15.4. The largest absolute Gasteiger partial charge is 0.455 e. The molecule has 5 nitrogen and oxygen atoms in total. The lowest BCUT2D eigenvalue weighted by Gasteiger charge is -2.12. The monoisotopic (exact) mass is 365 g/mol. The second kappa shape index (κ2) is 7.77. The molecule has 2 aromatic carbocycles. The predicted octanol–water partition coefficient (Wildman–Crippen LogP) is 5.05. The van der Waals surface area contributed by atoms with E-state index in [2.05, 4.69) is 39.0 Å². The van der Waals surface area contributed by atoms with E-state index in [-0.39, 0.29) is 0 Å². The molecule has 0 bridgehead atoms. The molecule has 1 radical (unpaired) electrons. The number of benzene rings is 2. The van der Waals surface area contributed by atoms with Gasteiger partial charge in [-0.3, -0.25) is 4.98 Å². The van der Waals surface area contributed by atoms with Gasteiger partial charge in [0.25, 0.3) is 0 Å². The molecule has 1 N–H and O–H groups in total. The van der Waals surface area contributed by atoms with Crippen molar-refractivity contribution in [1.82, 2.24) is 15.0 Å². The quantitative estimate of drug-likeness (QED) is 0.513. The zero-order valence-electron chi connectivity index (χ0n) is 15.3. The Bertz CT molecular complexity index is 1190. The van der Waals surface area contributed by atoms with Crippen molar-refractivity contribution < 1.29 is 4.74 Å². The summed E-state index contributed by atoms with van der Waals surface area (Å²) in [5.41, 5.74) is 3.62. The number of hydrogen-bond donors (Lipinski definition) is 1. The lowest BCUT2D eigenvalue weighted by molar-refractivity contribution is 0.476. The van der Waals surface area contributed by atoms with E-state index in [1.807, 2.05) is 55.5 Å². The average Bonchev–Trinajstić information content (AvgIpc) is 2.71. The summed E-state index contributed by atoms with van der Waals surface area (Å²) < 4.78 is 5.89. The number of nitrogens with zero attached hydrogens (tertiary/aromatic N) is 3. The molecule has 0 unspecified atom stereocenters. The first-order valence-corrected chi connectivity index (χ1v) is 8.71. The zero-order valence-corrected chi connectivity index (χ0v) is 15.3. The average molecular weight is 365 g/mol. The molecule has 2 heterocycles. The standard InChI is InChI=1S/C23H17N4O/c1-3-5-17-7-9-21-20(13-17)23(26-15-25-21)27-18-8-10-22(16(2)12-18)28-19-6-4-11-24-14-19/h4,6-15H,1H2,2H3,(H,25,26,27). The summed E-state index contributed by atoms with van der Waals surface area (Å²) in [5.74, 6) is 7.83. The van der Waals surface area contributed by atoms with Crippen LogP contribution in [0.5, 0.6) is 11.5 Å². The maximum absolute atomic E-state index is 5.89. The Kier molecular flexibility index (Phi) is 4.85. The van der Waals surface area contributed by atoms with Crippen molar-refractivity contribution in [2.24, 2.45) is 0 Å². The van der Waals surface area contributed by atoms with Crippen LogP contribution in [0.1, 0.15) is 11.1 Å². The van der Waals surface area contributed by atoms with Crippen molar-refractivity contribution in [3.8, 4) is 23.3 Å². The normalized spacial score (nSPS) is 10.2. The number of hydrogen-bond acceptors (Lipinski definition) is 5. The van der Waals surface area contributed by atoms with E-state index in [9.17, 15) is 0 Å². The molecule has 5 heteroatoms. The number of anilines is 2. The van der Waals surface area contributed by atoms with E-state index >= 15 is 0 Å². The van der Waals surface area contributed by atoms with E-state index < -0.39 is 0 Å². The molecule has 0 aliphatic heterocycles. The molecule has 0 fully saturated rings. The first kappa shape index (κ1) is 17.5. The van der Waals surface area contributed by atoms with Gasteiger partial charge in [0.1, 0.15) is 23.6 Å². The van der Waals surface area contributed by atoms with Crippen LogP contribution in [-0.4, -0.2) is 15.0 Å². The van der Waals surface area contributed by atoms with Gasteiger partial charge in [0.2, 0.25) is 0 Å². The zero-order chi connectivity index (χ0) is 19.3. The van der Waals surface area contributed by atoms with Gasteiger partial charge in [0.15, 0.2) is 0 Å². The maximum Gasteiger partial charge on any atom is 0.145 e. The van der Waals surface area contributed by atoms with Crippen LogP contribution < -0.4 is 10.1 Å². The van der Waals surface area contributed by atoms with Crippen LogP contribution in [0.4, 0.5) is 11.5 Å². The van der Waals surface area contributed by atoms with Crippen LogP contribution >= 0.6 is 0 Å². The molecule has 0 aliphatic carbocycles. The summed E-state index contributed by atoms with van der Waals surface area (Å²) in [5, 5.41) is 4.26. The molecule has 4 rings (SSSR count). The third-order valence-electron chi connectivity index (χ3n) is 4.17. The molecule has 2 aromatic heterocycles. The Morgan fingerprint density at radius 2 is 2.00 bits per heavy atom. The van der Waals surface area contributed by atoms with Crippen LogP contribution in [0, 0.1) is 25.7 Å². The van der Waals surface area contributed by atoms with Gasteiger partial charge in [-0.05, 0) is 61.0 Å². The fourth-order valence-electron chi connectivity index (χ4n) is 2.85. The number of aromatic nitrogens is 3. The molecule has 0 amide bonds. The molecule has 0 saturated heterocycles. The van der Waals surface area contributed by atoms with Gasteiger partial charge in [-0.25, -0.2) is 9.97 Å². The summed E-state index contributed by atoms with van der Waals surface area (Å²) in [4.78, 5) is 12.8. The van der Waals surface area contributed by atoms with Crippen LogP contribution in [0.15, 0.2) is 67.3 Å². The Balaban J connectivity index is 1.63. The first-order valence-electron chi connectivity index (χ1n) is 8.71. The minimum Gasteiger partial charge on any atom is -0.455 e. The lowest BCUT2D eigenvalue weighted by atomic mass is 10.1. The van der Waals surface area contributed by atoms with Gasteiger partial charge >= 0.3 is 0 Å². The highest BCUT2D eigenvalue weighted by molar-refractivity contribution is 5.91. The third-order valence-corrected chi connectivity index (χ3v) is 4.17. The summed E-state index contributed by atoms with van der Waals surface area (Å²) in [6.45, 7) is 5.57. The smallest absolute Gasteiger partial charge is 0.145 e. The Morgan fingerprint density at radius 1 is 1.07 bits per heavy atom. The second-order valence-electron chi connectivity index (χ2n) is 6.15. The van der Waals surface area contributed by atoms with Crippen LogP contribution in [0.2, 0.25) is 0 Å². The van der Waals surface area contributed by atoms with Gasteiger partial charge in [-0.15, -0.1) is 0 Å². The first-order chi connectivity index (χ1) is 13.7. The number of pyridine rings is 1. The SMILES string of the molecule is [CH2]C#Cc1ccc2ncnc(Nc3ccc(Oc4cccnc4)c(C)c3)c2c1. The molecule has 0 aliphatic rings. The van der Waals surface area contributed by atoms with E-state index in [1.54, 1.807) is 18.7 Å². The minimum atomic E-state index is 0.701. The third kappa shape index (κ3) is 3.76. The summed E-state index contributed by atoms with van der Waals surface area (Å²) in [6.07, 6.45) is 4.95. The number of ether oxygens (including phenoxy) is 1. The van der Waals surface area contributed by atoms with Crippen LogP contribution in [0.25, 0.3) is 10.9 Å². The topological polar surface area (TPSA) is 59.9 Å². The predicted molar refractivity (Wildman–Crippen MR) is 111 cm³/mol. The Morgan fingerprint density at radius 3 is 2.79 bits per heavy atom. The summed E-state index contributed by atoms with van der Waals surface area (Å²) in [7, 11) is 0. The van der Waals surface area contributed by atoms with Gasteiger partial charge in [0.05, 0.1) is 11.7 Å². The van der Waals surface area contributed by atoms with Gasteiger partial charge in [-0.1, -0.05) is 11.8 Å². The van der Waals surface area contributed by atoms with Crippen LogP contribution in [-0.2, 0) is 0 Å². The van der Waals surface area contributed by atoms with Crippen molar-refractivity contribution in [3.63, 3.8) is 0 Å². The van der Waals surface area contributed by atoms with Crippen molar-refractivity contribution in [2.75, 3.05) is 5.32 Å². The number of rotatable bonds is 4. The Hall–Kier alpha value is -3.91. The van der Waals surface area contributed by atoms with Crippen molar-refractivity contribution in [2.45, 2.75) is 6.92 Å². The van der Waals surface area contributed by atoms with E-state index in [0.717, 1.165) is 39.3 Å². The van der Waals surface area contributed by atoms with Gasteiger partial charge in [-0.2, -0.15) is 0 Å². The molecule has 28 heavy (non-hydrogen) atoms. The summed E-state index contributed by atoms with van der Waals surface area (Å²) >= 11 is 0. The number of aryl methyl sites for hydroxylation is 1. The van der Waals surface area contributed by atoms with E-state index in [0.29, 0.717) is 5.75 Å². The van der Waals surface area contributed by atoms with Gasteiger partial charge in [0, 0.05) is 29.8 Å². The number of fused-ring (bicyclic) bond motifs is 1. The minimum absolute atomic E-state index is 0.701. The highest BCUT2D eigenvalue weighted by Gasteiger charge is 2.07.